The van der Waals surface area contributed by atoms with Crippen LogP contribution in [0.5, 0.6) is 11.6 Å². The maximum absolute atomic E-state index is 5.65. The van der Waals surface area contributed by atoms with Crippen LogP contribution in [0.2, 0.25) is 0 Å². The molecular weight excluding hydrogens is 264 g/mol. The van der Waals surface area contributed by atoms with Crippen LogP contribution in [0.4, 0.5) is 5.69 Å². The molecule has 0 fully saturated rings. The third-order valence-corrected chi connectivity index (χ3v) is 2.91. The average Bonchev–Trinajstić information content (AvgIpc) is 2.53. The first-order chi connectivity index (χ1) is 10.3. The molecule has 0 saturated heterocycles. The van der Waals surface area contributed by atoms with Crippen LogP contribution >= 0.6 is 0 Å². The van der Waals surface area contributed by atoms with E-state index in [0.29, 0.717) is 19.0 Å². The Kier molecular flexibility index (Phi) is 5.88. The molecule has 1 heterocycles. The molecule has 1 N–H and O–H groups in total. The maximum atomic E-state index is 5.65. The highest BCUT2D eigenvalue weighted by atomic mass is 16.5. The second-order valence-electron chi connectivity index (χ2n) is 4.64. The lowest BCUT2D eigenvalue weighted by molar-refractivity contribution is 0.317. The smallest absolute Gasteiger partial charge is 0.237 e. The molecule has 0 atom stereocenters. The summed E-state index contributed by atoms with van der Waals surface area (Å²) in [5.41, 5.74) is 2.06. The number of anilines is 1. The normalized spacial score (nSPS) is 10.2. The van der Waals surface area contributed by atoms with Gasteiger partial charge in [0, 0.05) is 12.7 Å². The Morgan fingerprint density at radius 1 is 1.10 bits per heavy atom. The number of nitrogens with one attached hydrogen (secondary N) is 1. The Bertz CT molecular complexity index is 558. The summed E-state index contributed by atoms with van der Waals surface area (Å²) in [4.78, 5) is 4.23. The number of nitrogens with zero attached hydrogens (tertiary/aromatic N) is 1. The van der Waals surface area contributed by atoms with E-state index in [9.17, 15) is 0 Å². The minimum absolute atomic E-state index is 0.603. The van der Waals surface area contributed by atoms with Gasteiger partial charge in [0.2, 0.25) is 5.88 Å². The Hall–Kier alpha value is -2.23. The van der Waals surface area contributed by atoms with Gasteiger partial charge in [-0.15, -0.1) is 0 Å². The van der Waals surface area contributed by atoms with Crippen molar-refractivity contribution in [3.05, 3.63) is 48.2 Å². The molecule has 4 nitrogen and oxygen atoms in total. The Labute approximate surface area is 126 Å². The molecule has 1 aromatic carbocycles. The zero-order chi connectivity index (χ0) is 14.9. The lowest BCUT2D eigenvalue weighted by Gasteiger charge is -2.12. The summed E-state index contributed by atoms with van der Waals surface area (Å²) in [7, 11) is 0. The second-order valence-corrected chi connectivity index (χ2v) is 4.64. The molecule has 21 heavy (non-hydrogen) atoms. The van der Waals surface area contributed by atoms with Crippen LogP contribution in [0, 0.1) is 0 Å². The highest BCUT2D eigenvalue weighted by Gasteiger charge is 2.04. The molecule has 112 valence electrons. The van der Waals surface area contributed by atoms with Crippen LogP contribution in [0.25, 0.3) is 0 Å². The highest BCUT2D eigenvalue weighted by Crippen LogP contribution is 2.22. The van der Waals surface area contributed by atoms with Crippen molar-refractivity contribution >= 4 is 5.69 Å². The number of ether oxygens (including phenoxy) is 2. The largest absolute Gasteiger partial charge is 0.494 e. The number of hydrogen-bond acceptors (Lipinski definition) is 4. The molecule has 0 aliphatic carbocycles. The highest BCUT2D eigenvalue weighted by molar-refractivity contribution is 5.52. The van der Waals surface area contributed by atoms with Gasteiger partial charge in [0.1, 0.15) is 5.75 Å². The zero-order valence-electron chi connectivity index (χ0n) is 12.6. The summed E-state index contributed by atoms with van der Waals surface area (Å²) < 4.78 is 11.1. The van der Waals surface area contributed by atoms with Gasteiger partial charge in [-0.2, -0.15) is 0 Å². The standard InChI is InChI=1S/C17H22N2O2/c1-3-11-21-15-8-5-7-14(12-15)13-19-16-9-6-10-18-17(16)20-4-2/h5-10,12,19H,3-4,11,13H2,1-2H3. The van der Waals surface area contributed by atoms with E-state index < -0.39 is 0 Å². The fourth-order valence-corrected chi connectivity index (χ4v) is 1.94. The zero-order valence-corrected chi connectivity index (χ0v) is 12.6. The van der Waals surface area contributed by atoms with Crippen molar-refractivity contribution in [3.8, 4) is 11.6 Å². The third-order valence-electron chi connectivity index (χ3n) is 2.91. The van der Waals surface area contributed by atoms with Crippen molar-refractivity contribution in [2.24, 2.45) is 0 Å². The quantitative estimate of drug-likeness (QED) is 0.799. The van der Waals surface area contributed by atoms with Crippen LogP contribution in [-0.2, 0) is 6.54 Å². The van der Waals surface area contributed by atoms with Gasteiger partial charge in [-0.3, -0.25) is 0 Å². The second kappa shape index (κ2) is 8.15. The number of rotatable bonds is 8. The van der Waals surface area contributed by atoms with Crippen LogP contribution in [0.1, 0.15) is 25.8 Å². The fourth-order valence-electron chi connectivity index (χ4n) is 1.94. The van der Waals surface area contributed by atoms with Gasteiger partial charge in [-0.25, -0.2) is 4.98 Å². The Balaban J connectivity index is 1.99. The van der Waals surface area contributed by atoms with E-state index in [2.05, 4.69) is 29.4 Å². The van der Waals surface area contributed by atoms with Crippen molar-refractivity contribution in [2.45, 2.75) is 26.8 Å². The van der Waals surface area contributed by atoms with Crippen molar-refractivity contribution < 1.29 is 9.47 Å². The molecule has 0 aliphatic rings. The summed E-state index contributed by atoms with van der Waals surface area (Å²) in [6, 6.07) is 12.0. The predicted octanol–water partition coefficient (Wildman–Crippen LogP) is 3.88. The predicted molar refractivity (Wildman–Crippen MR) is 85.0 cm³/mol. The topological polar surface area (TPSA) is 43.4 Å². The van der Waals surface area contributed by atoms with Crippen molar-refractivity contribution in [2.75, 3.05) is 18.5 Å². The summed E-state index contributed by atoms with van der Waals surface area (Å²) >= 11 is 0. The first kappa shape index (κ1) is 15.2. The van der Waals surface area contributed by atoms with E-state index in [1.165, 1.54) is 0 Å². The van der Waals surface area contributed by atoms with Crippen LogP contribution in [0.3, 0.4) is 0 Å². The first-order valence-corrected chi connectivity index (χ1v) is 7.37. The SMILES string of the molecule is CCCOc1cccc(CNc2cccnc2OCC)c1. The minimum Gasteiger partial charge on any atom is -0.494 e. The third kappa shape index (κ3) is 4.67. The molecule has 0 radical (unpaired) electrons. The summed E-state index contributed by atoms with van der Waals surface area (Å²) in [5, 5.41) is 3.35. The Morgan fingerprint density at radius 2 is 2.00 bits per heavy atom. The van der Waals surface area contributed by atoms with Gasteiger partial charge in [-0.1, -0.05) is 19.1 Å². The van der Waals surface area contributed by atoms with Crippen molar-refractivity contribution in [3.63, 3.8) is 0 Å². The Morgan fingerprint density at radius 3 is 2.81 bits per heavy atom. The molecular formula is C17H22N2O2. The van der Waals surface area contributed by atoms with Gasteiger partial charge in [-0.05, 0) is 43.2 Å². The number of hydrogen-bond donors (Lipinski definition) is 1. The lowest BCUT2D eigenvalue weighted by Crippen LogP contribution is -2.04. The van der Waals surface area contributed by atoms with E-state index in [1.807, 2.05) is 31.2 Å². The minimum atomic E-state index is 0.603. The van der Waals surface area contributed by atoms with Gasteiger partial charge in [0.15, 0.2) is 0 Å². The molecule has 2 rings (SSSR count). The van der Waals surface area contributed by atoms with E-state index in [1.54, 1.807) is 6.20 Å². The monoisotopic (exact) mass is 286 g/mol. The number of aromatic nitrogens is 1. The average molecular weight is 286 g/mol. The number of pyridine rings is 1. The van der Waals surface area contributed by atoms with E-state index in [4.69, 9.17) is 9.47 Å². The van der Waals surface area contributed by atoms with E-state index in [-0.39, 0.29) is 0 Å². The van der Waals surface area contributed by atoms with E-state index >= 15 is 0 Å². The lowest BCUT2D eigenvalue weighted by atomic mass is 10.2. The van der Waals surface area contributed by atoms with Crippen molar-refractivity contribution in [1.82, 2.24) is 4.98 Å². The van der Waals surface area contributed by atoms with E-state index in [0.717, 1.165) is 30.0 Å². The van der Waals surface area contributed by atoms with Crippen molar-refractivity contribution in [1.29, 1.82) is 0 Å². The van der Waals surface area contributed by atoms with Gasteiger partial charge < -0.3 is 14.8 Å². The fraction of sp³-hybridized carbons (Fsp3) is 0.353. The molecule has 2 aromatic rings. The molecule has 0 spiro atoms. The molecule has 4 heteroatoms. The number of benzene rings is 1. The molecule has 0 saturated carbocycles. The molecule has 0 amide bonds. The molecule has 1 aromatic heterocycles. The summed E-state index contributed by atoms with van der Waals surface area (Å²) in [5.74, 6) is 1.55. The van der Waals surface area contributed by atoms with Gasteiger partial charge in [0.25, 0.3) is 0 Å². The first-order valence-electron chi connectivity index (χ1n) is 7.37. The maximum Gasteiger partial charge on any atom is 0.237 e. The van der Waals surface area contributed by atoms with Gasteiger partial charge >= 0.3 is 0 Å². The summed E-state index contributed by atoms with van der Waals surface area (Å²) in [6.45, 7) is 6.10. The van der Waals surface area contributed by atoms with Gasteiger partial charge in [0.05, 0.1) is 18.9 Å². The molecule has 0 unspecified atom stereocenters. The van der Waals surface area contributed by atoms with Crippen LogP contribution < -0.4 is 14.8 Å². The molecule has 0 aliphatic heterocycles. The summed E-state index contributed by atoms with van der Waals surface area (Å²) in [6.07, 6.45) is 2.74. The molecule has 0 bridgehead atoms. The van der Waals surface area contributed by atoms with Crippen LogP contribution in [-0.4, -0.2) is 18.2 Å². The van der Waals surface area contributed by atoms with Crippen LogP contribution in [0.15, 0.2) is 42.6 Å².